The van der Waals surface area contributed by atoms with Crippen LogP contribution >= 0.6 is 39.1 Å². The Labute approximate surface area is 217 Å². The topological polar surface area (TPSA) is 9.23 Å². The van der Waals surface area contributed by atoms with E-state index in [0.717, 1.165) is 5.56 Å². The lowest BCUT2D eigenvalue weighted by atomic mass is 9.71. The summed E-state index contributed by atoms with van der Waals surface area (Å²) in [4.78, 5) is 0. The van der Waals surface area contributed by atoms with Gasteiger partial charge in [-0.25, -0.2) is 8.78 Å². The Morgan fingerprint density at radius 2 is 1.62 bits per heavy atom. The molecule has 0 aromatic heterocycles. The fraction of sp³-hybridized carbons (Fsp3) is 0.214. The number of methoxy groups -OCH3 is 1. The SMILES string of the molecule is CCC1=C(c2ccc(Cl)cc2OC)C(Br)=C(c2ccccc2)C(F)(F)C1c1ccc(Cl)cc1C. The van der Waals surface area contributed by atoms with Gasteiger partial charge in [-0.15, -0.1) is 0 Å². The van der Waals surface area contributed by atoms with E-state index in [1.165, 1.54) is 0 Å². The van der Waals surface area contributed by atoms with E-state index in [1.807, 2.05) is 26.0 Å². The second kappa shape index (κ2) is 9.85. The van der Waals surface area contributed by atoms with E-state index in [0.29, 0.717) is 54.5 Å². The lowest BCUT2D eigenvalue weighted by Gasteiger charge is -2.39. The van der Waals surface area contributed by atoms with Crippen LogP contribution < -0.4 is 4.74 Å². The van der Waals surface area contributed by atoms with E-state index in [2.05, 4.69) is 15.9 Å². The minimum Gasteiger partial charge on any atom is -0.496 e. The Hall–Kier alpha value is -2.14. The lowest BCUT2D eigenvalue weighted by Crippen LogP contribution is -2.34. The average Bonchev–Trinajstić information content (AvgIpc) is 2.80. The summed E-state index contributed by atoms with van der Waals surface area (Å²) in [6, 6.07) is 19.2. The molecule has 1 aliphatic carbocycles. The second-order valence-corrected chi connectivity index (χ2v) is 9.88. The monoisotopic (exact) mass is 562 g/mol. The first-order valence-electron chi connectivity index (χ1n) is 10.9. The van der Waals surface area contributed by atoms with Gasteiger partial charge in [-0.3, -0.25) is 0 Å². The van der Waals surface area contributed by atoms with Crippen LogP contribution in [0, 0.1) is 6.92 Å². The highest BCUT2D eigenvalue weighted by molar-refractivity contribution is 9.12. The number of alkyl halides is 2. The first-order valence-corrected chi connectivity index (χ1v) is 12.4. The van der Waals surface area contributed by atoms with Crippen LogP contribution in [0.4, 0.5) is 8.78 Å². The third-order valence-corrected chi connectivity index (χ3v) is 7.49. The number of rotatable bonds is 5. The molecule has 0 fully saturated rings. The first-order chi connectivity index (χ1) is 16.2. The van der Waals surface area contributed by atoms with Crippen molar-refractivity contribution >= 4 is 50.3 Å². The van der Waals surface area contributed by atoms with Crippen molar-refractivity contribution in [2.24, 2.45) is 0 Å². The molecule has 0 radical (unpaired) electrons. The van der Waals surface area contributed by atoms with Gasteiger partial charge < -0.3 is 4.74 Å². The maximum Gasteiger partial charge on any atom is 0.285 e. The molecule has 1 atom stereocenters. The van der Waals surface area contributed by atoms with Crippen LogP contribution in [0.1, 0.15) is 41.5 Å². The molecule has 0 saturated heterocycles. The number of hydrogen-bond acceptors (Lipinski definition) is 1. The zero-order valence-electron chi connectivity index (χ0n) is 18.9. The Morgan fingerprint density at radius 1 is 0.971 bits per heavy atom. The number of ether oxygens (including phenoxy) is 1. The number of benzene rings is 3. The summed E-state index contributed by atoms with van der Waals surface area (Å²) in [7, 11) is 1.55. The van der Waals surface area contributed by atoms with Gasteiger partial charge in [-0.2, -0.15) is 0 Å². The molecule has 0 spiro atoms. The third-order valence-electron chi connectivity index (χ3n) is 6.22. The summed E-state index contributed by atoms with van der Waals surface area (Å²) in [5.74, 6) is -3.84. The molecule has 1 nitrogen and oxygen atoms in total. The standard InChI is InChI=1S/C28H23BrCl2F2O/c1-4-20-24(22-13-11-19(31)15-23(22)34-3)27(29)25(17-8-6-5-7-9-17)28(32,33)26(20)21-12-10-18(30)14-16(21)2/h5-15,26H,4H2,1-3H3. The molecule has 0 aliphatic heterocycles. The van der Waals surface area contributed by atoms with Gasteiger partial charge in [0.15, 0.2) is 0 Å². The summed E-state index contributed by atoms with van der Waals surface area (Å²) in [5, 5.41) is 1.02. The minimum atomic E-state index is -3.19. The minimum absolute atomic E-state index is 0.0587. The van der Waals surface area contributed by atoms with E-state index < -0.39 is 11.8 Å². The van der Waals surface area contributed by atoms with Crippen LogP contribution in [0.25, 0.3) is 11.1 Å². The maximum atomic E-state index is 16.6. The van der Waals surface area contributed by atoms with Gasteiger partial charge in [0, 0.05) is 31.2 Å². The summed E-state index contributed by atoms with van der Waals surface area (Å²) >= 11 is 16.0. The van der Waals surface area contributed by atoms with E-state index in [1.54, 1.807) is 61.7 Å². The van der Waals surface area contributed by atoms with Crippen LogP contribution in [0.15, 0.2) is 76.8 Å². The molecule has 0 saturated carbocycles. The highest BCUT2D eigenvalue weighted by atomic mass is 79.9. The number of allylic oxidation sites excluding steroid dienone is 4. The van der Waals surface area contributed by atoms with E-state index in [-0.39, 0.29) is 5.57 Å². The second-order valence-electron chi connectivity index (χ2n) is 8.21. The Bertz CT molecular complexity index is 1300. The van der Waals surface area contributed by atoms with Gasteiger partial charge in [0.05, 0.1) is 13.0 Å². The maximum absolute atomic E-state index is 16.6. The van der Waals surface area contributed by atoms with Crippen LogP contribution in [-0.4, -0.2) is 13.0 Å². The molecule has 1 aliphatic rings. The molecule has 3 aromatic carbocycles. The molecule has 176 valence electrons. The average molecular weight is 564 g/mol. The van der Waals surface area contributed by atoms with Gasteiger partial charge in [-0.1, -0.05) is 66.5 Å². The van der Waals surface area contributed by atoms with Crippen molar-refractivity contribution in [1.82, 2.24) is 0 Å². The van der Waals surface area contributed by atoms with Crippen molar-refractivity contribution in [3.05, 3.63) is 109 Å². The molecule has 0 N–H and O–H groups in total. The molecule has 0 amide bonds. The molecule has 3 aromatic rings. The fourth-order valence-electron chi connectivity index (χ4n) is 4.73. The lowest BCUT2D eigenvalue weighted by molar-refractivity contribution is 0.0450. The Balaban J connectivity index is 2.13. The van der Waals surface area contributed by atoms with Crippen molar-refractivity contribution in [2.45, 2.75) is 32.1 Å². The predicted octanol–water partition coefficient (Wildman–Crippen LogP) is 9.71. The summed E-state index contributed by atoms with van der Waals surface area (Å²) < 4.78 is 39.2. The molecule has 1 unspecified atom stereocenters. The summed E-state index contributed by atoms with van der Waals surface area (Å²) in [6.45, 7) is 3.72. The van der Waals surface area contributed by atoms with E-state index >= 15 is 8.78 Å². The van der Waals surface area contributed by atoms with Gasteiger partial charge in [0.1, 0.15) is 5.75 Å². The first kappa shape index (κ1) is 25.0. The normalized spacial score (nSPS) is 17.8. The van der Waals surface area contributed by atoms with Crippen LogP contribution in [0.2, 0.25) is 10.0 Å². The van der Waals surface area contributed by atoms with Crippen molar-refractivity contribution < 1.29 is 13.5 Å². The molecule has 4 rings (SSSR count). The largest absolute Gasteiger partial charge is 0.496 e. The van der Waals surface area contributed by atoms with Gasteiger partial charge >= 0.3 is 0 Å². The highest BCUT2D eigenvalue weighted by Crippen LogP contribution is 2.59. The Morgan fingerprint density at radius 3 is 2.24 bits per heavy atom. The summed E-state index contributed by atoms with van der Waals surface area (Å²) in [5.41, 5.74) is 3.67. The zero-order valence-corrected chi connectivity index (χ0v) is 22.0. The number of halogens is 5. The molecule has 0 bridgehead atoms. The molecular weight excluding hydrogens is 541 g/mol. The van der Waals surface area contributed by atoms with Crippen molar-refractivity contribution in [2.75, 3.05) is 7.11 Å². The molecule has 34 heavy (non-hydrogen) atoms. The Kier molecular flexibility index (Phi) is 7.23. The van der Waals surface area contributed by atoms with Crippen molar-refractivity contribution in [1.29, 1.82) is 0 Å². The van der Waals surface area contributed by atoms with Crippen LogP contribution in [0.3, 0.4) is 0 Å². The van der Waals surface area contributed by atoms with E-state index in [4.69, 9.17) is 27.9 Å². The highest BCUT2D eigenvalue weighted by Gasteiger charge is 2.52. The van der Waals surface area contributed by atoms with Gasteiger partial charge in [0.2, 0.25) is 0 Å². The van der Waals surface area contributed by atoms with Gasteiger partial charge in [0.25, 0.3) is 5.92 Å². The van der Waals surface area contributed by atoms with Crippen LogP contribution in [0.5, 0.6) is 5.75 Å². The smallest absolute Gasteiger partial charge is 0.285 e. The number of hydrogen-bond donors (Lipinski definition) is 0. The molecule has 6 heteroatoms. The molecular formula is C28H23BrCl2F2O. The summed E-state index contributed by atoms with van der Waals surface area (Å²) in [6.07, 6.45) is 0.417. The quantitative estimate of drug-likeness (QED) is 0.300. The van der Waals surface area contributed by atoms with Crippen molar-refractivity contribution in [3.8, 4) is 5.75 Å². The van der Waals surface area contributed by atoms with Crippen molar-refractivity contribution in [3.63, 3.8) is 0 Å². The zero-order chi connectivity index (χ0) is 24.6. The van der Waals surface area contributed by atoms with E-state index in [9.17, 15) is 0 Å². The third kappa shape index (κ3) is 4.32. The predicted molar refractivity (Wildman–Crippen MR) is 141 cm³/mol. The fourth-order valence-corrected chi connectivity index (χ4v) is 6.08. The van der Waals surface area contributed by atoms with Crippen LogP contribution in [-0.2, 0) is 0 Å². The molecule has 0 heterocycles. The van der Waals surface area contributed by atoms with Gasteiger partial charge in [-0.05, 0) is 81.9 Å². The number of aryl methyl sites for hydroxylation is 1.